The Hall–Kier alpha value is -1.33. The third-order valence-corrected chi connectivity index (χ3v) is 3.16. The molecule has 0 aliphatic heterocycles. The second-order valence-corrected chi connectivity index (χ2v) is 4.51. The lowest BCUT2D eigenvalue weighted by Gasteiger charge is -2.23. The van der Waals surface area contributed by atoms with Crippen LogP contribution in [0.5, 0.6) is 0 Å². The lowest BCUT2D eigenvalue weighted by molar-refractivity contribution is 0.420. The van der Waals surface area contributed by atoms with E-state index in [0.29, 0.717) is 18.5 Å². The van der Waals surface area contributed by atoms with E-state index in [4.69, 9.17) is 5.26 Å². The molecule has 1 N–H and O–H groups in total. The summed E-state index contributed by atoms with van der Waals surface area (Å²) < 4.78 is 0. The van der Waals surface area contributed by atoms with Crippen molar-refractivity contribution in [2.24, 2.45) is 0 Å². The first kappa shape index (κ1) is 13.7. The lowest BCUT2D eigenvalue weighted by Crippen LogP contribution is -2.31. The van der Waals surface area contributed by atoms with Gasteiger partial charge in [-0.3, -0.25) is 0 Å². The molecule has 0 amide bonds. The number of aryl methyl sites for hydroxylation is 1. The van der Waals surface area contributed by atoms with Gasteiger partial charge in [-0.15, -0.1) is 0 Å². The van der Waals surface area contributed by atoms with Gasteiger partial charge in [0.2, 0.25) is 0 Å². The van der Waals surface area contributed by atoms with Gasteiger partial charge in [-0.25, -0.2) is 0 Å². The van der Waals surface area contributed by atoms with Crippen LogP contribution in [0, 0.1) is 18.3 Å². The maximum Gasteiger partial charge on any atom is 0.0638 e. The van der Waals surface area contributed by atoms with E-state index in [0.717, 1.165) is 12.8 Å². The van der Waals surface area contributed by atoms with E-state index < -0.39 is 0 Å². The highest BCUT2D eigenvalue weighted by Gasteiger charge is 2.13. The first-order chi connectivity index (χ1) is 8.21. The van der Waals surface area contributed by atoms with E-state index in [9.17, 15) is 0 Å². The molecule has 92 valence electrons. The number of nitrogens with one attached hydrogen (secondary N) is 1. The number of benzene rings is 1. The zero-order valence-electron chi connectivity index (χ0n) is 11.0. The molecular formula is C15H22N2. The second-order valence-electron chi connectivity index (χ2n) is 4.51. The van der Waals surface area contributed by atoms with E-state index in [-0.39, 0.29) is 0 Å². The van der Waals surface area contributed by atoms with Crippen molar-refractivity contribution >= 4 is 0 Å². The third kappa shape index (κ3) is 4.20. The number of hydrogen-bond donors (Lipinski definition) is 1. The van der Waals surface area contributed by atoms with E-state index in [2.05, 4.69) is 56.4 Å². The summed E-state index contributed by atoms with van der Waals surface area (Å²) in [6.07, 6.45) is 2.62. The molecule has 0 bridgehead atoms. The van der Waals surface area contributed by atoms with Gasteiger partial charge in [0.1, 0.15) is 0 Å². The quantitative estimate of drug-likeness (QED) is 0.808. The summed E-state index contributed by atoms with van der Waals surface area (Å²) in [4.78, 5) is 0. The maximum absolute atomic E-state index is 8.77. The molecule has 0 saturated heterocycles. The molecule has 0 aliphatic carbocycles. The Labute approximate surface area is 105 Å². The molecule has 1 aromatic rings. The van der Waals surface area contributed by atoms with Crippen molar-refractivity contribution in [3.63, 3.8) is 0 Å². The largest absolute Gasteiger partial charge is 0.306 e. The normalized spacial score (nSPS) is 14.0. The summed E-state index contributed by atoms with van der Waals surface area (Å²) in [5.74, 6) is 0. The molecule has 0 fully saturated rings. The van der Waals surface area contributed by atoms with Gasteiger partial charge in [0.05, 0.1) is 12.5 Å². The van der Waals surface area contributed by atoms with Crippen LogP contribution in [-0.2, 0) is 0 Å². The first-order valence-electron chi connectivity index (χ1n) is 6.40. The highest BCUT2D eigenvalue weighted by atomic mass is 14.9. The van der Waals surface area contributed by atoms with Crippen LogP contribution in [-0.4, -0.2) is 6.04 Å². The summed E-state index contributed by atoms with van der Waals surface area (Å²) in [5.41, 5.74) is 2.60. The minimum Gasteiger partial charge on any atom is -0.306 e. The van der Waals surface area contributed by atoms with Crippen LogP contribution >= 0.6 is 0 Å². The zero-order chi connectivity index (χ0) is 12.7. The Bertz CT molecular complexity index is 362. The predicted molar refractivity (Wildman–Crippen MR) is 71.7 cm³/mol. The molecule has 1 aromatic carbocycles. The van der Waals surface area contributed by atoms with E-state index >= 15 is 0 Å². The zero-order valence-corrected chi connectivity index (χ0v) is 11.0. The third-order valence-electron chi connectivity index (χ3n) is 3.16. The second kappa shape index (κ2) is 7.09. The van der Waals surface area contributed by atoms with Gasteiger partial charge in [0, 0.05) is 12.1 Å². The number of nitrogens with zero attached hydrogens (tertiary/aromatic N) is 1. The van der Waals surface area contributed by atoms with Gasteiger partial charge < -0.3 is 5.32 Å². The predicted octanol–water partition coefficient (Wildman–Crippen LogP) is 3.73. The van der Waals surface area contributed by atoms with Crippen LogP contribution in [0.3, 0.4) is 0 Å². The summed E-state index contributed by atoms with van der Waals surface area (Å²) >= 11 is 0. The van der Waals surface area contributed by atoms with Gasteiger partial charge in [0.15, 0.2) is 0 Å². The fourth-order valence-corrected chi connectivity index (χ4v) is 1.96. The molecule has 0 aromatic heterocycles. The Kier molecular flexibility index (Phi) is 5.72. The van der Waals surface area contributed by atoms with Crippen molar-refractivity contribution in [2.75, 3.05) is 0 Å². The van der Waals surface area contributed by atoms with Crippen LogP contribution < -0.4 is 5.32 Å². The average Bonchev–Trinajstić information content (AvgIpc) is 2.36. The molecule has 2 nitrogen and oxygen atoms in total. The Morgan fingerprint density at radius 3 is 2.29 bits per heavy atom. The molecular weight excluding hydrogens is 208 g/mol. The molecule has 0 heterocycles. The molecule has 0 spiro atoms. The lowest BCUT2D eigenvalue weighted by atomic mass is 10.0. The van der Waals surface area contributed by atoms with Gasteiger partial charge in [-0.2, -0.15) is 5.26 Å². The SMILES string of the molecule is CCC(CC#N)NC(CC)c1ccc(C)cc1. The van der Waals surface area contributed by atoms with Gasteiger partial charge >= 0.3 is 0 Å². The smallest absolute Gasteiger partial charge is 0.0638 e. The van der Waals surface area contributed by atoms with Gasteiger partial charge in [-0.1, -0.05) is 43.7 Å². The Balaban J connectivity index is 2.71. The fraction of sp³-hybridized carbons (Fsp3) is 0.533. The average molecular weight is 230 g/mol. The Morgan fingerprint density at radius 2 is 1.82 bits per heavy atom. The summed E-state index contributed by atoms with van der Waals surface area (Å²) in [7, 11) is 0. The molecule has 2 heteroatoms. The number of hydrogen-bond acceptors (Lipinski definition) is 2. The van der Waals surface area contributed by atoms with Crippen LogP contribution in [0.1, 0.15) is 50.3 Å². The topological polar surface area (TPSA) is 35.8 Å². The monoisotopic (exact) mass is 230 g/mol. The molecule has 1 rings (SSSR count). The molecule has 0 aliphatic rings. The van der Waals surface area contributed by atoms with Crippen molar-refractivity contribution in [3.05, 3.63) is 35.4 Å². The van der Waals surface area contributed by atoms with E-state index in [1.807, 2.05) is 0 Å². The fourth-order valence-electron chi connectivity index (χ4n) is 1.96. The van der Waals surface area contributed by atoms with Crippen LogP contribution in [0.4, 0.5) is 0 Å². The molecule has 0 saturated carbocycles. The summed E-state index contributed by atoms with van der Waals surface area (Å²) in [6.45, 7) is 6.40. The highest BCUT2D eigenvalue weighted by molar-refractivity contribution is 5.24. The van der Waals surface area contributed by atoms with Crippen molar-refractivity contribution in [3.8, 4) is 6.07 Å². The Morgan fingerprint density at radius 1 is 1.18 bits per heavy atom. The van der Waals surface area contributed by atoms with Crippen molar-refractivity contribution in [1.29, 1.82) is 5.26 Å². The number of nitriles is 1. The molecule has 0 radical (unpaired) electrons. The van der Waals surface area contributed by atoms with E-state index in [1.165, 1.54) is 11.1 Å². The minimum atomic E-state index is 0.297. The van der Waals surface area contributed by atoms with Crippen LogP contribution in [0.2, 0.25) is 0 Å². The maximum atomic E-state index is 8.77. The number of rotatable bonds is 6. The van der Waals surface area contributed by atoms with Gasteiger partial charge in [0.25, 0.3) is 0 Å². The molecule has 17 heavy (non-hydrogen) atoms. The van der Waals surface area contributed by atoms with Crippen LogP contribution in [0.15, 0.2) is 24.3 Å². The summed E-state index contributed by atoms with van der Waals surface area (Å²) in [6, 6.07) is 11.5. The van der Waals surface area contributed by atoms with Crippen molar-refractivity contribution < 1.29 is 0 Å². The van der Waals surface area contributed by atoms with Gasteiger partial charge in [-0.05, 0) is 25.3 Å². The van der Waals surface area contributed by atoms with Crippen LogP contribution in [0.25, 0.3) is 0 Å². The van der Waals surface area contributed by atoms with E-state index in [1.54, 1.807) is 0 Å². The minimum absolute atomic E-state index is 0.297. The highest BCUT2D eigenvalue weighted by Crippen LogP contribution is 2.18. The first-order valence-corrected chi connectivity index (χ1v) is 6.40. The van der Waals surface area contributed by atoms with Crippen molar-refractivity contribution in [2.45, 2.75) is 52.1 Å². The molecule has 2 atom stereocenters. The standard InChI is InChI=1S/C15H22N2/c1-4-14(10-11-16)17-15(5-2)13-8-6-12(3)7-9-13/h6-9,14-15,17H,4-5,10H2,1-3H3. The summed E-state index contributed by atoms with van der Waals surface area (Å²) in [5, 5.41) is 12.3. The van der Waals surface area contributed by atoms with Crippen molar-refractivity contribution in [1.82, 2.24) is 5.32 Å². The molecule has 2 unspecified atom stereocenters.